The lowest BCUT2D eigenvalue weighted by atomic mass is 10.1. The van der Waals surface area contributed by atoms with Crippen molar-refractivity contribution >= 4 is 11.9 Å². The fourth-order valence-electron chi connectivity index (χ4n) is 1.19. The number of hydrogen-bond donors (Lipinski definition) is 2. The highest BCUT2D eigenvalue weighted by Gasteiger charge is 2.40. The van der Waals surface area contributed by atoms with Crippen molar-refractivity contribution in [3.05, 3.63) is 30.1 Å². The number of carboxylic acids is 1. The van der Waals surface area contributed by atoms with Gasteiger partial charge in [-0.15, -0.1) is 0 Å². The van der Waals surface area contributed by atoms with Crippen molar-refractivity contribution in [3.63, 3.8) is 0 Å². The van der Waals surface area contributed by atoms with E-state index < -0.39 is 24.1 Å². The first-order valence-electron chi connectivity index (χ1n) is 4.80. The highest BCUT2D eigenvalue weighted by molar-refractivity contribution is 5.87. The van der Waals surface area contributed by atoms with Gasteiger partial charge in [-0.25, -0.2) is 4.79 Å². The molecule has 98 valence electrons. The van der Waals surface area contributed by atoms with Crippen LogP contribution in [-0.2, 0) is 16.0 Å². The number of hydrogen-bond acceptors (Lipinski definition) is 3. The zero-order chi connectivity index (χ0) is 13.8. The molecule has 0 saturated heterocycles. The number of nitrogens with one attached hydrogen (secondary N) is 1. The Kier molecular flexibility index (Phi) is 4.24. The van der Waals surface area contributed by atoms with Crippen LogP contribution in [0.25, 0.3) is 0 Å². The van der Waals surface area contributed by atoms with E-state index in [9.17, 15) is 22.8 Å². The summed E-state index contributed by atoms with van der Waals surface area (Å²) in [5, 5.41) is 10.2. The molecular formula is C10H9F3N2O3. The molecule has 1 heterocycles. The molecule has 1 rings (SSSR count). The fraction of sp³-hybridized carbons (Fsp3) is 0.300. The topological polar surface area (TPSA) is 79.3 Å². The van der Waals surface area contributed by atoms with Crippen molar-refractivity contribution in [1.29, 1.82) is 0 Å². The van der Waals surface area contributed by atoms with Gasteiger partial charge >= 0.3 is 18.1 Å². The minimum absolute atomic E-state index is 0.250. The maximum Gasteiger partial charge on any atom is 0.471 e. The normalized spacial score (nSPS) is 12.8. The number of nitrogens with zero attached hydrogens (tertiary/aromatic N) is 1. The summed E-state index contributed by atoms with van der Waals surface area (Å²) in [6.45, 7) is 0. The van der Waals surface area contributed by atoms with Crippen LogP contribution in [0.2, 0.25) is 0 Å². The van der Waals surface area contributed by atoms with Crippen molar-refractivity contribution in [3.8, 4) is 0 Å². The summed E-state index contributed by atoms with van der Waals surface area (Å²) >= 11 is 0. The lowest BCUT2D eigenvalue weighted by Gasteiger charge is -2.15. The molecule has 0 spiro atoms. The minimum Gasteiger partial charge on any atom is -0.480 e. The van der Waals surface area contributed by atoms with E-state index in [1.807, 2.05) is 0 Å². The fourth-order valence-corrected chi connectivity index (χ4v) is 1.19. The maximum atomic E-state index is 12.0. The average Bonchev–Trinajstić information content (AvgIpc) is 2.28. The Hall–Kier alpha value is -2.12. The van der Waals surface area contributed by atoms with E-state index >= 15 is 0 Å². The van der Waals surface area contributed by atoms with Gasteiger partial charge in [0.15, 0.2) is 0 Å². The molecule has 0 aliphatic carbocycles. The predicted molar refractivity (Wildman–Crippen MR) is 53.6 cm³/mol. The van der Waals surface area contributed by atoms with E-state index in [4.69, 9.17) is 5.11 Å². The molecule has 1 atom stereocenters. The number of amides is 1. The molecule has 1 aromatic heterocycles. The Labute approximate surface area is 99.6 Å². The summed E-state index contributed by atoms with van der Waals surface area (Å²) in [6.07, 6.45) is -2.61. The van der Waals surface area contributed by atoms with Gasteiger partial charge in [-0.1, -0.05) is 0 Å². The monoisotopic (exact) mass is 262 g/mol. The van der Waals surface area contributed by atoms with Crippen LogP contribution < -0.4 is 5.32 Å². The Morgan fingerprint density at radius 2 is 1.89 bits per heavy atom. The number of carbonyl (C=O) groups excluding carboxylic acids is 1. The first kappa shape index (κ1) is 13.9. The van der Waals surface area contributed by atoms with Crippen LogP contribution in [0, 0.1) is 0 Å². The van der Waals surface area contributed by atoms with E-state index in [-0.39, 0.29) is 6.42 Å². The van der Waals surface area contributed by atoms with E-state index in [0.29, 0.717) is 5.56 Å². The quantitative estimate of drug-likeness (QED) is 0.839. The third-order valence-corrected chi connectivity index (χ3v) is 2.05. The molecule has 0 aliphatic heterocycles. The van der Waals surface area contributed by atoms with Crippen molar-refractivity contribution in [2.45, 2.75) is 18.6 Å². The van der Waals surface area contributed by atoms with Crippen LogP contribution in [0.4, 0.5) is 13.2 Å². The molecule has 0 bridgehead atoms. The van der Waals surface area contributed by atoms with Gasteiger partial charge in [0.25, 0.3) is 0 Å². The summed E-state index contributed by atoms with van der Waals surface area (Å²) in [6, 6.07) is 1.27. The summed E-state index contributed by atoms with van der Waals surface area (Å²) in [4.78, 5) is 25.1. The number of carboxylic acid groups (broad SMARTS) is 1. The lowest BCUT2D eigenvalue weighted by molar-refractivity contribution is -0.175. The summed E-state index contributed by atoms with van der Waals surface area (Å²) in [5.41, 5.74) is 0.458. The van der Waals surface area contributed by atoms with Gasteiger partial charge in [0.05, 0.1) is 0 Å². The maximum absolute atomic E-state index is 12.0. The lowest BCUT2D eigenvalue weighted by Crippen LogP contribution is -2.47. The van der Waals surface area contributed by atoms with Crippen molar-refractivity contribution in [1.82, 2.24) is 10.3 Å². The third kappa shape index (κ3) is 4.04. The molecule has 0 aromatic carbocycles. The summed E-state index contributed by atoms with van der Waals surface area (Å²) in [7, 11) is 0. The molecule has 0 aliphatic rings. The molecular weight excluding hydrogens is 253 g/mol. The summed E-state index contributed by atoms with van der Waals surface area (Å²) < 4.78 is 36.0. The van der Waals surface area contributed by atoms with Gasteiger partial charge < -0.3 is 10.4 Å². The predicted octanol–water partition coefficient (Wildman–Crippen LogP) is 0.756. The van der Waals surface area contributed by atoms with E-state index in [0.717, 1.165) is 0 Å². The number of alkyl halides is 3. The van der Waals surface area contributed by atoms with E-state index in [1.165, 1.54) is 29.8 Å². The second kappa shape index (κ2) is 5.48. The van der Waals surface area contributed by atoms with Crippen molar-refractivity contribution in [2.24, 2.45) is 0 Å². The zero-order valence-electron chi connectivity index (χ0n) is 8.94. The van der Waals surface area contributed by atoms with Gasteiger partial charge in [0.1, 0.15) is 6.04 Å². The van der Waals surface area contributed by atoms with Gasteiger partial charge in [0.2, 0.25) is 0 Å². The molecule has 1 aromatic rings. The number of aliphatic carboxylic acids is 1. The molecule has 0 unspecified atom stereocenters. The number of rotatable bonds is 4. The first-order chi connectivity index (χ1) is 8.30. The number of carbonyl (C=O) groups is 2. The largest absolute Gasteiger partial charge is 0.480 e. The van der Waals surface area contributed by atoms with Crippen molar-refractivity contribution < 1.29 is 27.9 Å². The Balaban J connectivity index is 2.73. The van der Waals surface area contributed by atoms with Gasteiger partial charge in [0, 0.05) is 18.8 Å². The van der Waals surface area contributed by atoms with Gasteiger partial charge in [-0.05, 0) is 17.7 Å². The van der Waals surface area contributed by atoms with Crippen LogP contribution in [-0.4, -0.2) is 34.2 Å². The highest BCUT2D eigenvalue weighted by Crippen LogP contribution is 2.15. The molecule has 8 heteroatoms. The standard InChI is InChI=1S/C10H9F3N2O3/c11-10(12,13)9(18)15-7(8(16)17)5-6-1-3-14-4-2-6/h1-4,7H,5H2,(H,15,18)(H,16,17)/t7-/m0/s1. The van der Waals surface area contributed by atoms with Crippen LogP contribution in [0.15, 0.2) is 24.5 Å². The third-order valence-electron chi connectivity index (χ3n) is 2.05. The van der Waals surface area contributed by atoms with Gasteiger partial charge in [-0.3, -0.25) is 9.78 Å². The molecule has 0 saturated carbocycles. The second-order valence-corrected chi connectivity index (χ2v) is 3.42. The Morgan fingerprint density at radius 1 is 1.33 bits per heavy atom. The molecule has 18 heavy (non-hydrogen) atoms. The highest BCUT2D eigenvalue weighted by atomic mass is 19.4. The number of halogens is 3. The molecule has 0 radical (unpaired) electrons. The van der Waals surface area contributed by atoms with Crippen LogP contribution >= 0.6 is 0 Å². The molecule has 1 amide bonds. The second-order valence-electron chi connectivity index (χ2n) is 3.42. The smallest absolute Gasteiger partial charge is 0.471 e. The Bertz CT molecular complexity index is 434. The summed E-state index contributed by atoms with van der Waals surface area (Å²) in [5.74, 6) is -3.81. The molecule has 2 N–H and O–H groups in total. The Morgan fingerprint density at radius 3 is 2.33 bits per heavy atom. The molecule has 5 nitrogen and oxygen atoms in total. The average molecular weight is 262 g/mol. The minimum atomic E-state index is -5.11. The van der Waals surface area contributed by atoms with Gasteiger partial charge in [-0.2, -0.15) is 13.2 Å². The van der Waals surface area contributed by atoms with Crippen LogP contribution in [0.5, 0.6) is 0 Å². The number of aromatic nitrogens is 1. The van der Waals surface area contributed by atoms with Crippen molar-refractivity contribution in [2.75, 3.05) is 0 Å². The van der Waals surface area contributed by atoms with E-state index in [2.05, 4.69) is 4.98 Å². The first-order valence-corrected chi connectivity index (χ1v) is 4.80. The SMILES string of the molecule is O=C(O)[C@H](Cc1ccncc1)NC(=O)C(F)(F)F. The molecule has 0 fully saturated rings. The van der Waals surface area contributed by atoms with Crippen LogP contribution in [0.1, 0.15) is 5.56 Å². The number of pyridine rings is 1. The zero-order valence-corrected chi connectivity index (χ0v) is 8.94. The van der Waals surface area contributed by atoms with E-state index in [1.54, 1.807) is 0 Å². The van der Waals surface area contributed by atoms with Crippen LogP contribution in [0.3, 0.4) is 0 Å².